The Morgan fingerprint density at radius 3 is 2.62 bits per heavy atom. The fourth-order valence-corrected chi connectivity index (χ4v) is 2.10. The predicted octanol–water partition coefficient (Wildman–Crippen LogP) is 2.14. The minimum absolute atomic E-state index is 0.369. The molecule has 1 aliphatic heterocycles. The summed E-state index contributed by atoms with van der Waals surface area (Å²) in [5.41, 5.74) is 0. The van der Waals surface area contributed by atoms with Gasteiger partial charge in [-0.3, -0.25) is 4.79 Å². The zero-order valence-electron chi connectivity index (χ0n) is 8.42. The maximum atomic E-state index is 11.6. The molecule has 0 saturated carbocycles. The zero-order chi connectivity index (χ0) is 9.52. The normalized spacial score (nSPS) is 17.5. The van der Waals surface area contributed by atoms with Crippen molar-refractivity contribution in [1.82, 2.24) is 4.90 Å². The number of amides is 1. The number of thioether (sulfide) groups is 1. The molecule has 0 spiro atoms. The topological polar surface area (TPSA) is 20.3 Å². The van der Waals surface area contributed by atoms with E-state index in [1.807, 2.05) is 16.7 Å². The summed E-state index contributed by atoms with van der Waals surface area (Å²) in [6, 6.07) is 0. The largest absolute Gasteiger partial charge is 0.343 e. The highest BCUT2D eigenvalue weighted by molar-refractivity contribution is 7.98. The maximum absolute atomic E-state index is 11.6. The number of carbonyl (C=O) groups excluding carboxylic acids is 1. The lowest BCUT2D eigenvalue weighted by molar-refractivity contribution is -0.132. The molecule has 76 valence electrons. The minimum Gasteiger partial charge on any atom is -0.343 e. The summed E-state index contributed by atoms with van der Waals surface area (Å²) in [7, 11) is 0. The Kier molecular flexibility index (Phi) is 5.28. The van der Waals surface area contributed by atoms with E-state index in [1.165, 1.54) is 19.3 Å². The van der Waals surface area contributed by atoms with Gasteiger partial charge < -0.3 is 4.90 Å². The number of piperidine rings is 1. The van der Waals surface area contributed by atoms with E-state index in [1.54, 1.807) is 0 Å². The zero-order valence-corrected chi connectivity index (χ0v) is 9.24. The van der Waals surface area contributed by atoms with Gasteiger partial charge in [0.2, 0.25) is 5.91 Å². The Bertz CT molecular complexity index is 155. The molecule has 0 aliphatic carbocycles. The van der Waals surface area contributed by atoms with Crippen LogP contribution in [-0.4, -0.2) is 35.9 Å². The highest BCUT2D eigenvalue weighted by atomic mass is 32.2. The number of carbonyl (C=O) groups is 1. The molecular weight excluding hydrogens is 182 g/mol. The van der Waals surface area contributed by atoms with Crippen molar-refractivity contribution >= 4 is 17.7 Å². The first-order chi connectivity index (χ1) is 6.34. The first-order valence-electron chi connectivity index (χ1n) is 5.11. The lowest BCUT2D eigenvalue weighted by atomic mass is 10.1. The first kappa shape index (κ1) is 10.9. The van der Waals surface area contributed by atoms with E-state index in [2.05, 4.69) is 6.26 Å². The van der Waals surface area contributed by atoms with Crippen LogP contribution in [0, 0.1) is 0 Å². The highest BCUT2D eigenvalue weighted by Crippen LogP contribution is 2.11. The first-order valence-corrected chi connectivity index (χ1v) is 6.50. The van der Waals surface area contributed by atoms with E-state index < -0.39 is 0 Å². The molecule has 0 atom stereocenters. The molecule has 0 aromatic heterocycles. The van der Waals surface area contributed by atoms with Crippen LogP contribution in [-0.2, 0) is 4.79 Å². The molecule has 1 saturated heterocycles. The van der Waals surface area contributed by atoms with Crippen molar-refractivity contribution in [1.29, 1.82) is 0 Å². The molecule has 3 heteroatoms. The van der Waals surface area contributed by atoms with Gasteiger partial charge in [0.1, 0.15) is 0 Å². The molecule has 2 nitrogen and oxygen atoms in total. The van der Waals surface area contributed by atoms with Crippen LogP contribution in [0.2, 0.25) is 0 Å². The van der Waals surface area contributed by atoms with Gasteiger partial charge >= 0.3 is 0 Å². The average Bonchev–Trinajstić information content (AvgIpc) is 2.19. The Morgan fingerprint density at radius 1 is 1.31 bits per heavy atom. The van der Waals surface area contributed by atoms with Crippen molar-refractivity contribution in [2.75, 3.05) is 25.1 Å². The molecule has 1 fully saturated rings. The fourth-order valence-electron chi connectivity index (χ4n) is 1.67. The van der Waals surface area contributed by atoms with Crippen LogP contribution in [0.5, 0.6) is 0 Å². The summed E-state index contributed by atoms with van der Waals surface area (Å²) >= 11 is 1.82. The van der Waals surface area contributed by atoms with Crippen LogP contribution >= 0.6 is 11.8 Å². The van der Waals surface area contributed by atoms with E-state index in [4.69, 9.17) is 0 Å². The van der Waals surface area contributed by atoms with Crippen molar-refractivity contribution in [2.45, 2.75) is 32.1 Å². The second-order valence-electron chi connectivity index (χ2n) is 3.54. The summed E-state index contributed by atoms with van der Waals surface area (Å²) in [6.07, 6.45) is 7.58. The number of rotatable bonds is 4. The second kappa shape index (κ2) is 6.30. The molecule has 0 radical (unpaired) electrons. The van der Waals surface area contributed by atoms with Crippen molar-refractivity contribution in [3.8, 4) is 0 Å². The van der Waals surface area contributed by atoms with Gasteiger partial charge in [0.25, 0.3) is 0 Å². The van der Waals surface area contributed by atoms with Gasteiger partial charge in [-0.15, -0.1) is 0 Å². The molecule has 1 amide bonds. The number of likely N-dealkylation sites (tertiary alicyclic amines) is 1. The third-order valence-electron chi connectivity index (χ3n) is 2.45. The molecule has 0 aromatic carbocycles. The van der Waals surface area contributed by atoms with E-state index in [0.717, 1.165) is 31.7 Å². The summed E-state index contributed by atoms with van der Waals surface area (Å²) in [5, 5.41) is 0. The minimum atomic E-state index is 0.369. The van der Waals surface area contributed by atoms with Gasteiger partial charge in [-0.1, -0.05) is 0 Å². The molecule has 0 unspecified atom stereocenters. The van der Waals surface area contributed by atoms with Crippen molar-refractivity contribution in [3.63, 3.8) is 0 Å². The number of nitrogens with zero attached hydrogens (tertiary/aromatic N) is 1. The van der Waals surface area contributed by atoms with E-state index in [-0.39, 0.29) is 0 Å². The summed E-state index contributed by atoms with van der Waals surface area (Å²) in [4.78, 5) is 13.6. The third-order valence-corrected chi connectivity index (χ3v) is 3.14. The Hall–Kier alpha value is -0.180. The standard InChI is InChI=1S/C10H19NOS/c1-13-9-5-6-10(12)11-7-3-2-4-8-11/h2-9H2,1H3. The lowest BCUT2D eigenvalue weighted by Gasteiger charge is -2.26. The van der Waals surface area contributed by atoms with Gasteiger partial charge in [-0.05, 0) is 37.7 Å². The summed E-state index contributed by atoms with van der Waals surface area (Å²) < 4.78 is 0. The van der Waals surface area contributed by atoms with Crippen molar-refractivity contribution in [3.05, 3.63) is 0 Å². The molecule has 0 bridgehead atoms. The van der Waals surface area contributed by atoms with E-state index in [0.29, 0.717) is 5.91 Å². The Morgan fingerprint density at radius 2 is 2.00 bits per heavy atom. The number of hydrogen-bond acceptors (Lipinski definition) is 2. The molecule has 13 heavy (non-hydrogen) atoms. The SMILES string of the molecule is CSCCCC(=O)N1CCCCC1. The molecular formula is C10H19NOS. The van der Waals surface area contributed by atoms with Gasteiger partial charge in [0.15, 0.2) is 0 Å². The fraction of sp³-hybridized carbons (Fsp3) is 0.900. The molecule has 1 aliphatic rings. The molecule has 0 N–H and O–H groups in total. The average molecular weight is 201 g/mol. The monoisotopic (exact) mass is 201 g/mol. The quantitative estimate of drug-likeness (QED) is 0.650. The van der Waals surface area contributed by atoms with Crippen LogP contribution < -0.4 is 0 Å². The third kappa shape index (κ3) is 4.03. The Labute approximate surface area is 85.1 Å². The predicted molar refractivity (Wildman–Crippen MR) is 58.0 cm³/mol. The molecule has 1 heterocycles. The lowest BCUT2D eigenvalue weighted by Crippen LogP contribution is -2.35. The Balaban J connectivity index is 2.13. The van der Waals surface area contributed by atoms with Gasteiger partial charge in [-0.25, -0.2) is 0 Å². The number of hydrogen-bond donors (Lipinski definition) is 0. The maximum Gasteiger partial charge on any atom is 0.222 e. The molecule has 1 rings (SSSR count). The smallest absolute Gasteiger partial charge is 0.222 e. The van der Waals surface area contributed by atoms with Crippen LogP contribution in [0.15, 0.2) is 0 Å². The second-order valence-corrected chi connectivity index (χ2v) is 4.52. The highest BCUT2D eigenvalue weighted by Gasteiger charge is 2.15. The van der Waals surface area contributed by atoms with Crippen LogP contribution in [0.1, 0.15) is 32.1 Å². The van der Waals surface area contributed by atoms with Crippen LogP contribution in [0.4, 0.5) is 0 Å². The van der Waals surface area contributed by atoms with Gasteiger partial charge in [-0.2, -0.15) is 11.8 Å². The van der Waals surface area contributed by atoms with Crippen LogP contribution in [0.3, 0.4) is 0 Å². The van der Waals surface area contributed by atoms with Crippen molar-refractivity contribution in [2.24, 2.45) is 0 Å². The summed E-state index contributed by atoms with van der Waals surface area (Å²) in [5.74, 6) is 1.48. The summed E-state index contributed by atoms with van der Waals surface area (Å²) in [6.45, 7) is 2.00. The van der Waals surface area contributed by atoms with Gasteiger partial charge in [0, 0.05) is 19.5 Å². The van der Waals surface area contributed by atoms with E-state index >= 15 is 0 Å². The molecule has 0 aromatic rings. The van der Waals surface area contributed by atoms with Crippen LogP contribution in [0.25, 0.3) is 0 Å². The van der Waals surface area contributed by atoms with Gasteiger partial charge in [0.05, 0.1) is 0 Å². The van der Waals surface area contributed by atoms with Crippen molar-refractivity contribution < 1.29 is 4.79 Å². The van der Waals surface area contributed by atoms with E-state index in [9.17, 15) is 4.79 Å².